The van der Waals surface area contributed by atoms with Gasteiger partial charge in [0, 0.05) is 17.1 Å². The van der Waals surface area contributed by atoms with Gasteiger partial charge < -0.3 is 15.2 Å². The van der Waals surface area contributed by atoms with Crippen LogP contribution in [-0.2, 0) is 6.61 Å². The lowest BCUT2D eigenvalue weighted by Crippen LogP contribution is -2.11. The Bertz CT molecular complexity index is 555. The lowest BCUT2D eigenvalue weighted by molar-refractivity contribution is 0.269. The number of nitrogens with one attached hydrogen (secondary N) is 1. The smallest absolute Gasteiger partial charge is 0.161 e. The highest BCUT2D eigenvalue weighted by Gasteiger charge is 2.08. The molecule has 1 aromatic carbocycles. The highest BCUT2D eigenvalue weighted by molar-refractivity contribution is 7.09. The normalized spacial score (nSPS) is 10.2. The summed E-state index contributed by atoms with van der Waals surface area (Å²) in [6.45, 7) is 2.82. The second-order valence-electron chi connectivity index (χ2n) is 3.72. The maximum atomic E-state index is 7.42. The van der Waals surface area contributed by atoms with Gasteiger partial charge in [-0.2, -0.15) is 0 Å². The summed E-state index contributed by atoms with van der Waals surface area (Å²) >= 11 is 1.54. The molecule has 2 rings (SSSR count). The van der Waals surface area contributed by atoms with Gasteiger partial charge >= 0.3 is 0 Å². The van der Waals surface area contributed by atoms with Crippen molar-refractivity contribution >= 4 is 17.2 Å². The monoisotopic (exact) mass is 277 g/mol. The molecule has 1 aromatic heterocycles. The van der Waals surface area contributed by atoms with Crippen molar-refractivity contribution in [3.05, 3.63) is 40.3 Å². The standard InChI is InChI=1S/C13H15N3O2S/c1-2-17-11-7-9(13(14)15)3-4-10(11)18-8-12-16-5-6-19-12/h3-7H,2,8H2,1H3,(H3,14,15). The summed E-state index contributed by atoms with van der Waals surface area (Å²) in [7, 11) is 0. The summed E-state index contributed by atoms with van der Waals surface area (Å²) < 4.78 is 11.2. The van der Waals surface area contributed by atoms with E-state index in [1.54, 1.807) is 24.4 Å². The van der Waals surface area contributed by atoms with Gasteiger partial charge in [0.25, 0.3) is 0 Å². The molecule has 3 N–H and O–H groups in total. The van der Waals surface area contributed by atoms with Gasteiger partial charge in [-0.3, -0.25) is 5.41 Å². The van der Waals surface area contributed by atoms with E-state index in [0.29, 0.717) is 30.3 Å². The van der Waals surface area contributed by atoms with E-state index >= 15 is 0 Å². The fourth-order valence-corrected chi connectivity index (χ4v) is 2.05. The molecule has 0 radical (unpaired) electrons. The van der Waals surface area contributed by atoms with Crippen molar-refractivity contribution < 1.29 is 9.47 Å². The third-order valence-electron chi connectivity index (χ3n) is 2.39. The Morgan fingerprint density at radius 1 is 1.37 bits per heavy atom. The zero-order valence-electron chi connectivity index (χ0n) is 10.6. The molecule has 0 aliphatic rings. The first-order chi connectivity index (χ1) is 9.20. The molecule has 0 spiro atoms. The largest absolute Gasteiger partial charge is 0.490 e. The maximum Gasteiger partial charge on any atom is 0.161 e. The average Bonchev–Trinajstić information content (AvgIpc) is 2.90. The van der Waals surface area contributed by atoms with Crippen LogP contribution in [0.25, 0.3) is 0 Å². The van der Waals surface area contributed by atoms with E-state index in [1.807, 2.05) is 12.3 Å². The second-order valence-corrected chi connectivity index (χ2v) is 4.70. The molecule has 1 heterocycles. The summed E-state index contributed by atoms with van der Waals surface area (Å²) in [5.74, 6) is 1.22. The number of nitrogen functional groups attached to an aromatic ring is 1. The molecular formula is C13H15N3O2S. The Morgan fingerprint density at radius 2 is 2.21 bits per heavy atom. The van der Waals surface area contributed by atoms with Crippen LogP contribution in [0.1, 0.15) is 17.5 Å². The molecule has 2 aromatic rings. The fraction of sp³-hybridized carbons (Fsp3) is 0.231. The SMILES string of the molecule is CCOc1cc(C(=N)N)ccc1OCc1nccs1. The highest BCUT2D eigenvalue weighted by atomic mass is 32.1. The van der Waals surface area contributed by atoms with Crippen LogP contribution in [0, 0.1) is 5.41 Å². The predicted octanol–water partition coefficient (Wildman–Crippen LogP) is 2.40. The Balaban J connectivity index is 2.16. The lowest BCUT2D eigenvalue weighted by atomic mass is 10.2. The Kier molecular flexibility index (Phi) is 4.35. The Hall–Kier alpha value is -2.08. The molecule has 100 valence electrons. The van der Waals surface area contributed by atoms with Crippen LogP contribution >= 0.6 is 11.3 Å². The van der Waals surface area contributed by atoms with Crippen LogP contribution < -0.4 is 15.2 Å². The van der Waals surface area contributed by atoms with E-state index in [4.69, 9.17) is 20.6 Å². The van der Waals surface area contributed by atoms with Crippen LogP contribution in [0.3, 0.4) is 0 Å². The van der Waals surface area contributed by atoms with Gasteiger partial charge in [-0.15, -0.1) is 11.3 Å². The molecule has 0 aliphatic carbocycles. The first kappa shape index (κ1) is 13.4. The van der Waals surface area contributed by atoms with Crippen LogP contribution in [0.2, 0.25) is 0 Å². The van der Waals surface area contributed by atoms with Crippen molar-refractivity contribution in [1.82, 2.24) is 4.98 Å². The van der Waals surface area contributed by atoms with E-state index in [1.165, 1.54) is 11.3 Å². The van der Waals surface area contributed by atoms with Crippen molar-refractivity contribution in [2.24, 2.45) is 5.73 Å². The minimum Gasteiger partial charge on any atom is -0.490 e. The zero-order chi connectivity index (χ0) is 13.7. The van der Waals surface area contributed by atoms with Crippen LogP contribution in [0.15, 0.2) is 29.8 Å². The molecule has 0 fully saturated rings. The quantitative estimate of drug-likeness (QED) is 0.627. The minimum atomic E-state index is 0.00688. The van der Waals surface area contributed by atoms with Crippen LogP contribution in [-0.4, -0.2) is 17.4 Å². The Labute approximate surface area is 115 Å². The summed E-state index contributed by atoms with van der Waals surface area (Å²) in [4.78, 5) is 4.15. The summed E-state index contributed by atoms with van der Waals surface area (Å²) in [5, 5.41) is 10.2. The third kappa shape index (κ3) is 3.45. The number of amidine groups is 1. The van der Waals surface area contributed by atoms with Crippen molar-refractivity contribution in [1.29, 1.82) is 5.41 Å². The number of rotatable bonds is 6. The van der Waals surface area contributed by atoms with Gasteiger partial charge in [0.2, 0.25) is 0 Å². The van der Waals surface area contributed by atoms with Gasteiger partial charge in [0.05, 0.1) is 6.61 Å². The molecule has 0 amide bonds. The van der Waals surface area contributed by atoms with Gasteiger partial charge in [0.15, 0.2) is 11.5 Å². The van der Waals surface area contributed by atoms with Crippen molar-refractivity contribution in [3.8, 4) is 11.5 Å². The first-order valence-corrected chi connectivity index (χ1v) is 6.71. The predicted molar refractivity (Wildman–Crippen MR) is 75.1 cm³/mol. The number of ether oxygens (including phenoxy) is 2. The van der Waals surface area contributed by atoms with E-state index in [9.17, 15) is 0 Å². The Morgan fingerprint density at radius 3 is 2.84 bits per heavy atom. The molecule has 0 saturated carbocycles. The highest BCUT2D eigenvalue weighted by Crippen LogP contribution is 2.29. The molecule has 0 atom stereocenters. The molecule has 5 nitrogen and oxygen atoms in total. The third-order valence-corrected chi connectivity index (χ3v) is 3.14. The number of nitrogens with zero attached hydrogens (tertiary/aromatic N) is 1. The van der Waals surface area contributed by atoms with Crippen molar-refractivity contribution in [3.63, 3.8) is 0 Å². The van der Waals surface area contributed by atoms with Crippen LogP contribution in [0.5, 0.6) is 11.5 Å². The van der Waals surface area contributed by atoms with Gasteiger partial charge in [-0.1, -0.05) is 0 Å². The van der Waals surface area contributed by atoms with Gasteiger partial charge in [0.1, 0.15) is 17.5 Å². The van der Waals surface area contributed by atoms with Gasteiger partial charge in [-0.25, -0.2) is 4.98 Å². The number of benzene rings is 1. The molecule has 0 bridgehead atoms. The molecule has 0 saturated heterocycles. The molecular weight excluding hydrogens is 262 g/mol. The van der Waals surface area contributed by atoms with Crippen molar-refractivity contribution in [2.45, 2.75) is 13.5 Å². The summed E-state index contributed by atoms with van der Waals surface area (Å²) in [6.07, 6.45) is 1.74. The van der Waals surface area contributed by atoms with E-state index in [2.05, 4.69) is 4.98 Å². The van der Waals surface area contributed by atoms with Crippen molar-refractivity contribution in [2.75, 3.05) is 6.61 Å². The number of hydrogen-bond acceptors (Lipinski definition) is 5. The number of thiazole rings is 1. The minimum absolute atomic E-state index is 0.00688. The molecule has 0 aliphatic heterocycles. The summed E-state index contributed by atoms with van der Waals surface area (Å²) in [5.41, 5.74) is 6.07. The average molecular weight is 277 g/mol. The lowest BCUT2D eigenvalue weighted by Gasteiger charge is -2.12. The van der Waals surface area contributed by atoms with Crippen LogP contribution in [0.4, 0.5) is 0 Å². The summed E-state index contributed by atoms with van der Waals surface area (Å²) in [6, 6.07) is 5.21. The second kappa shape index (κ2) is 6.19. The van der Waals surface area contributed by atoms with E-state index in [-0.39, 0.29) is 5.84 Å². The molecule has 6 heteroatoms. The zero-order valence-corrected chi connectivity index (χ0v) is 11.4. The van der Waals surface area contributed by atoms with E-state index in [0.717, 1.165) is 5.01 Å². The number of hydrogen-bond donors (Lipinski definition) is 2. The molecule has 0 unspecified atom stereocenters. The topological polar surface area (TPSA) is 81.2 Å². The van der Waals surface area contributed by atoms with E-state index < -0.39 is 0 Å². The van der Waals surface area contributed by atoms with Gasteiger partial charge in [-0.05, 0) is 25.1 Å². The number of aromatic nitrogens is 1. The number of nitrogens with two attached hydrogens (primary N) is 1. The first-order valence-electron chi connectivity index (χ1n) is 5.83. The molecule has 19 heavy (non-hydrogen) atoms. The fourth-order valence-electron chi connectivity index (χ4n) is 1.53. The maximum absolute atomic E-state index is 7.42.